The summed E-state index contributed by atoms with van der Waals surface area (Å²) in [5, 5.41) is 7.58. The van der Waals surface area contributed by atoms with E-state index in [2.05, 4.69) is 9.36 Å². The molecular weight excluding hydrogens is 259 g/mol. The first-order valence-corrected chi connectivity index (χ1v) is 6.87. The summed E-state index contributed by atoms with van der Waals surface area (Å²) < 4.78 is 40.1. The predicted octanol–water partition coefficient (Wildman–Crippen LogP) is 2.37. The third-order valence-corrected chi connectivity index (χ3v) is 4.80. The van der Waals surface area contributed by atoms with E-state index >= 15 is 0 Å². The van der Waals surface area contributed by atoms with Crippen LogP contribution in [0, 0.1) is 11.5 Å². The summed E-state index contributed by atoms with van der Waals surface area (Å²) in [6.07, 6.45) is -0.955. The standard InChI is InChI=1S/C8H10F3N3S2/c1-7(4-16(2)14-5-12)3-13-6(15-7)8(9,10)11/h3-4H2,1-2H3. The fourth-order valence-electron chi connectivity index (χ4n) is 1.30. The van der Waals surface area contributed by atoms with E-state index in [1.165, 1.54) is 0 Å². The smallest absolute Gasteiger partial charge is 0.273 e. The minimum absolute atomic E-state index is 0.130. The predicted molar refractivity (Wildman–Crippen MR) is 60.6 cm³/mol. The van der Waals surface area contributed by atoms with Crippen molar-refractivity contribution in [1.29, 1.82) is 5.26 Å². The molecule has 16 heavy (non-hydrogen) atoms. The van der Waals surface area contributed by atoms with Crippen LogP contribution in [0.15, 0.2) is 9.36 Å². The second-order valence-electron chi connectivity index (χ2n) is 3.61. The Hall–Kier alpha value is -0.550. The summed E-state index contributed by atoms with van der Waals surface area (Å²) in [5.74, 6) is 0.439. The highest BCUT2D eigenvalue weighted by Gasteiger charge is 2.45. The molecule has 1 rings (SSSR count). The average molecular weight is 269 g/mol. The number of thioether (sulfide) groups is 1. The average Bonchev–Trinajstić information content (AvgIpc) is 2.47. The molecule has 0 bridgehead atoms. The van der Waals surface area contributed by atoms with Gasteiger partial charge in [0, 0.05) is 10.5 Å². The first-order valence-electron chi connectivity index (χ1n) is 4.30. The fourth-order valence-corrected chi connectivity index (χ4v) is 4.07. The topological polar surface area (TPSA) is 48.5 Å². The summed E-state index contributed by atoms with van der Waals surface area (Å²) in [7, 11) is -0.539. The molecule has 1 aliphatic rings. The van der Waals surface area contributed by atoms with Gasteiger partial charge in [-0.05, 0) is 13.2 Å². The van der Waals surface area contributed by atoms with E-state index in [-0.39, 0.29) is 6.54 Å². The van der Waals surface area contributed by atoms with Crippen LogP contribution in [0.1, 0.15) is 6.92 Å². The first kappa shape index (κ1) is 13.5. The van der Waals surface area contributed by atoms with Crippen molar-refractivity contribution in [2.45, 2.75) is 17.8 Å². The van der Waals surface area contributed by atoms with Gasteiger partial charge in [0.15, 0.2) is 5.04 Å². The van der Waals surface area contributed by atoms with Gasteiger partial charge >= 0.3 is 6.18 Å². The molecular formula is C8H10F3N3S2. The number of hydrogen-bond donors (Lipinski definition) is 0. The van der Waals surface area contributed by atoms with Crippen LogP contribution >= 0.6 is 11.8 Å². The zero-order chi connectivity index (χ0) is 12.4. The second-order valence-corrected chi connectivity index (χ2v) is 6.86. The molecule has 0 fully saturated rings. The van der Waals surface area contributed by atoms with Crippen molar-refractivity contribution in [3.05, 3.63) is 0 Å². The monoisotopic (exact) mass is 269 g/mol. The van der Waals surface area contributed by atoms with Gasteiger partial charge in [0.25, 0.3) is 0 Å². The minimum atomic E-state index is -4.36. The molecule has 1 aliphatic heterocycles. The summed E-state index contributed by atoms with van der Waals surface area (Å²) in [6, 6.07) is 0. The van der Waals surface area contributed by atoms with Crippen molar-refractivity contribution in [3.63, 3.8) is 0 Å². The third-order valence-electron chi connectivity index (χ3n) is 1.85. The molecule has 0 aromatic heterocycles. The summed E-state index contributed by atoms with van der Waals surface area (Å²) in [5.41, 5.74) is 0. The van der Waals surface area contributed by atoms with Crippen molar-refractivity contribution in [2.75, 3.05) is 18.6 Å². The molecule has 0 aromatic carbocycles. The molecule has 1 heterocycles. The van der Waals surface area contributed by atoms with Gasteiger partial charge in [0.2, 0.25) is 6.19 Å². The van der Waals surface area contributed by atoms with Gasteiger partial charge in [0.1, 0.15) is 0 Å². The number of hydrogen-bond acceptors (Lipinski definition) is 4. The zero-order valence-corrected chi connectivity index (χ0v) is 10.3. The number of nitrogens with zero attached hydrogens (tertiary/aromatic N) is 3. The second kappa shape index (κ2) is 4.75. The van der Waals surface area contributed by atoms with Crippen molar-refractivity contribution in [2.24, 2.45) is 9.36 Å². The highest BCUT2D eigenvalue weighted by molar-refractivity contribution is 8.16. The van der Waals surface area contributed by atoms with E-state index in [0.29, 0.717) is 5.75 Å². The Morgan fingerprint density at radius 3 is 2.75 bits per heavy atom. The summed E-state index contributed by atoms with van der Waals surface area (Å²) >= 11 is 0.737. The molecule has 2 unspecified atom stereocenters. The lowest BCUT2D eigenvalue weighted by atomic mass is 10.2. The van der Waals surface area contributed by atoms with E-state index < -0.39 is 26.7 Å². The van der Waals surface area contributed by atoms with Crippen LogP contribution in [0.4, 0.5) is 13.2 Å². The molecule has 0 spiro atoms. The van der Waals surface area contributed by atoms with Crippen molar-refractivity contribution < 1.29 is 13.2 Å². The Labute approximate surface area is 98.2 Å². The first-order chi connectivity index (χ1) is 7.27. The van der Waals surface area contributed by atoms with Crippen LogP contribution in [-0.4, -0.2) is 34.5 Å². The highest BCUT2D eigenvalue weighted by atomic mass is 32.2. The van der Waals surface area contributed by atoms with E-state index in [9.17, 15) is 13.2 Å². The quantitative estimate of drug-likeness (QED) is 0.722. The van der Waals surface area contributed by atoms with E-state index in [1.807, 2.05) is 0 Å². The molecule has 0 amide bonds. The molecule has 0 saturated carbocycles. The minimum Gasteiger partial charge on any atom is -0.273 e. The van der Waals surface area contributed by atoms with Crippen LogP contribution in [0.25, 0.3) is 0 Å². The van der Waals surface area contributed by atoms with Gasteiger partial charge < -0.3 is 0 Å². The molecule has 0 radical (unpaired) electrons. The van der Waals surface area contributed by atoms with Gasteiger partial charge in [-0.25, -0.2) is 0 Å². The Bertz CT molecular complexity index is 383. The van der Waals surface area contributed by atoms with E-state index in [4.69, 9.17) is 5.26 Å². The van der Waals surface area contributed by atoms with Crippen LogP contribution in [-0.2, 0) is 10.7 Å². The number of aliphatic imine (C=N–C) groups is 1. The highest BCUT2D eigenvalue weighted by Crippen LogP contribution is 2.39. The molecule has 0 saturated heterocycles. The lowest BCUT2D eigenvalue weighted by molar-refractivity contribution is -0.0554. The number of rotatable bonds is 2. The SMILES string of the molecule is CS(CC1(C)CN=C(C(F)(F)F)S1)=NC#N. The zero-order valence-electron chi connectivity index (χ0n) is 8.71. The van der Waals surface area contributed by atoms with E-state index in [1.54, 1.807) is 19.4 Å². The van der Waals surface area contributed by atoms with Crippen molar-refractivity contribution in [1.82, 2.24) is 0 Å². The number of nitriles is 1. The van der Waals surface area contributed by atoms with Crippen molar-refractivity contribution >= 4 is 27.5 Å². The van der Waals surface area contributed by atoms with Crippen LogP contribution in [0.5, 0.6) is 0 Å². The van der Waals surface area contributed by atoms with Gasteiger partial charge in [-0.2, -0.15) is 22.8 Å². The maximum absolute atomic E-state index is 12.4. The number of alkyl halides is 3. The Kier molecular flexibility index (Phi) is 4.02. The Morgan fingerprint density at radius 2 is 2.31 bits per heavy atom. The van der Waals surface area contributed by atoms with Gasteiger partial charge in [-0.1, -0.05) is 22.5 Å². The normalized spacial score (nSPS) is 27.6. The van der Waals surface area contributed by atoms with Crippen LogP contribution in [0.2, 0.25) is 0 Å². The molecule has 8 heteroatoms. The molecule has 3 nitrogen and oxygen atoms in total. The third kappa shape index (κ3) is 3.49. The van der Waals surface area contributed by atoms with Crippen LogP contribution in [0.3, 0.4) is 0 Å². The molecule has 0 aliphatic carbocycles. The largest absolute Gasteiger partial charge is 0.439 e. The summed E-state index contributed by atoms with van der Waals surface area (Å²) in [4.78, 5) is 3.51. The number of halogens is 3. The van der Waals surface area contributed by atoms with Crippen molar-refractivity contribution in [3.8, 4) is 6.19 Å². The lowest BCUT2D eigenvalue weighted by Gasteiger charge is -2.21. The van der Waals surface area contributed by atoms with E-state index in [0.717, 1.165) is 11.8 Å². The lowest BCUT2D eigenvalue weighted by Crippen LogP contribution is -2.30. The Balaban J connectivity index is 2.68. The molecule has 0 N–H and O–H groups in total. The van der Waals surface area contributed by atoms with Gasteiger partial charge in [-0.15, -0.1) is 0 Å². The van der Waals surface area contributed by atoms with Gasteiger partial charge in [0.05, 0.1) is 6.54 Å². The summed E-state index contributed by atoms with van der Waals surface area (Å²) in [6.45, 7) is 1.85. The van der Waals surface area contributed by atoms with Crippen LogP contribution < -0.4 is 0 Å². The molecule has 90 valence electrons. The van der Waals surface area contributed by atoms with Gasteiger partial charge in [-0.3, -0.25) is 4.99 Å². The molecule has 0 aromatic rings. The maximum Gasteiger partial charge on any atom is 0.439 e. The fraction of sp³-hybridized carbons (Fsp3) is 0.750. The Morgan fingerprint density at radius 1 is 1.69 bits per heavy atom. The maximum atomic E-state index is 12.4. The molecule has 2 atom stereocenters.